The minimum atomic E-state index is 0.663. The van der Waals surface area contributed by atoms with Crippen LogP contribution in [-0.4, -0.2) is 46.5 Å². The van der Waals surface area contributed by atoms with Gasteiger partial charge < -0.3 is 0 Å². The van der Waals surface area contributed by atoms with Crippen LogP contribution in [0.5, 0.6) is 0 Å². The third kappa shape index (κ3) is 2.98. The Balaban J connectivity index is 1.65. The van der Waals surface area contributed by atoms with E-state index in [1.165, 1.54) is 44.5 Å². The summed E-state index contributed by atoms with van der Waals surface area (Å²) in [7, 11) is 0. The molecular formula is C16H25N3. The molecule has 3 rings (SSSR count). The lowest BCUT2D eigenvalue weighted by Crippen LogP contribution is -2.58. The highest BCUT2D eigenvalue weighted by Crippen LogP contribution is 2.25. The summed E-state index contributed by atoms with van der Waals surface area (Å²) in [5.41, 5.74) is 2.45. The predicted octanol–water partition coefficient (Wildman–Crippen LogP) is 2.45. The third-order valence-corrected chi connectivity index (χ3v) is 4.67. The molecule has 2 fully saturated rings. The van der Waals surface area contributed by atoms with Gasteiger partial charge in [-0.15, -0.1) is 0 Å². The molecule has 2 unspecified atom stereocenters. The van der Waals surface area contributed by atoms with Gasteiger partial charge in [0, 0.05) is 43.6 Å². The summed E-state index contributed by atoms with van der Waals surface area (Å²) in [4.78, 5) is 9.76. The van der Waals surface area contributed by atoms with Crippen molar-refractivity contribution >= 4 is 0 Å². The van der Waals surface area contributed by atoms with Gasteiger partial charge in [-0.2, -0.15) is 0 Å². The van der Waals surface area contributed by atoms with Crippen molar-refractivity contribution in [3.05, 3.63) is 29.6 Å². The lowest BCUT2D eigenvalue weighted by molar-refractivity contribution is 0.0110. The van der Waals surface area contributed by atoms with Crippen molar-refractivity contribution in [3.63, 3.8) is 0 Å². The molecule has 3 heteroatoms. The first-order valence-corrected chi connectivity index (χ1v) is 7.62. The standard InChI is InChI=1S/C16H25N3/c1-13-6-7-15(9-17-13)11-19-12-16-5-3-4-8-18(16)10-14(19)2/h6-7,9,14,16H,3-5,8,10-12H2,1-2H3. The molecule has 104 valence electrons. The van der Waals surface area contributed by atoms with Crippen molar-refractivity contribution in [1.82, 2.24) is 14.8 Å². The molecule has 19 heavy (non-hydrogen) atoms. The number of rotatable bonds is 2. The van der Waals surface area contributed by atoms with Crippen LogP contribution in [-0.2, 0) is 6.54 Å². The van der Waals surface area contributed by atoms with E-state index in [0.29, 0.717) is 6.04 Å². The van der Waals surface area contributed by atoms with Gasteiger partial charge in [-0.1, -0.05) is 12.5 Å². The van der Waals surface area contributed by atoms with Gasteiger partial charge in [0.2, 0.25) is 0 Å². The number of piperidine rings is 1. The Kier molecular flexibility index (Phi) is 3.85. The zero-order valence-corrected chi connectivity index (χ0v) is 12.2. The largest absolute Gasteiger partial charge is 0.298 e. The van der Waals surface area contributed by atoms with Gasteiger partial charge in [0.15, 0.2) is 0 Å². The fraction of sp³-hybridized carbons (Fsp3) is 0.688. The van der Waals surface area contributed by atoms with Gasteiger partial charge in [-0.05, 0) is 44.9 Å². The van der Waals surface area contributed by atoms with E-state index in [4.69, 9.17) is 0 Å². The highest BCUT2D eigenvalue weighted by atomic mass is 15.3. The van der Waals surface area contributed by atoms with Crippen LogP contribution in [0.4, 0.5) is 0 Å². The minimum Gasteiger partial charge on any atom is -0.298 e. The quantitative estimate of drug-likeness (QED) is 0.813. The first-order valence-electron chi connectivity index (χ1n) is 7.62. The second kappa shape index (κ2) is 5.59. The Bertz CT molecular complexity index is 415. The van der Waals surface area contributed by atoms with Gasteiger partial charge in [0.05, 0.1) is 0 Å². The molecule has 3 nitrogen and oxygen atoms in total. The SMILES string of the molecule is Cc1ccc(CN2CC3CCCCN3CC2C)cn1. The highest BCUT2D eigenvalue weighted by molar-refractivity contribution is 5.13. The lowest BCUT2D eigenvalue weighted by atomic mass is 9.97. The third-order valence-electron chi connectivity index (χ3n) is 4.67. The molecule has 0 amide bonds. The first kappa shape index (κ1) is 13.1. The van der Waals surface area contributed by atoms with Crippen molar-refractivity contribution in [2.24, 2.45) is 0 Å². The fourth-order valence-electron chi connectivity index (χ4n) is 3.46. The molecule has 0 bridgehead atoms. The van der Waals surface area contributed by atoms with Crippen LogP contribution in [0.1, 0.15) is 37.4 Å². The Labute approximate surface area is 116 Å². The van der Waals surface area contributed by atoms with Crippen LogP contribution < -0.4 is 0 Å². The Hall–Kier alpha value is -0.930. The molecular weight excluding hydrogens is 234 g/mol. The molecule has 0 aliphatic carbocycles. The van der Waals surface area contributed by atoms with E-state index in [9.17, 15) is 0 Å². The summed E-state index contributed by atoms with van der Waals surface area (Å²) in [5, 5.41) is 0. The molecule has 2 saturated heterocycles. The number of aryl methyl sites for hydroxylation is 1. The van der Waals surface area contributed by atoms with E-state index in [0.717, 1.165) is 18.3 Å². The molecule has 0 radical (unpaired) electrons. The van der Waals surface area contributed by atoms with Crippen LogP contribution in [0.3, 0.4) is 0 Å². The Morgan fingerprint density at radius 2 is 2.16 bits per heavy atom. The Morgan fingerprint density at radius 3 is 2.95 bits per heavy atom. The van der Waals surface area contributed by atoms with Crippen LogP contribution in [0.25, 0.3) is 0 Å². The summed E-state index contributed by atoms with van der Waals surface area (Å²) in [5.74, 6) is 0. The van der Waals surface area contributed by atoms with Gasteiger partial charge in [-0.3, -0.25) is 14.8 Å². The molecule has 1 aromatic rings. The number of pyridine rings is 1. The van der Waals surface area contributed by atoms with Crippen molar-refractivity contribution in [2.75, 3.05) is 19.6 Å². The number of aromatic nitrogens is 1. The zero-order valence-electron chi connectivity index (χ0n) is 12.2. The topological polar surface area (TPSA) is 19.4 Å². The number of fused-ring (bicyclic) bond motifs is 1. The van der Waals surface area contributed by atoms with Crippen molar-refractivity contribution < 1.29 is 0 Å². The van der Waals surface area contributed by atoms with E-state index in [1.54, 1.807) is 0 Å². The average Bonchev–Trinajstić information content (AvgIpc) is 2.42. The van der Waals surface area contributed by atoms with Crippen LogP contribution in [0.15, 0.2) is 18.3 Å². The molecule has 2 aliphatic rings. The van der Waals surface area contributed by atoms with Crippen molar-refractivity contribution in [1.29, 1.82) is 0 Å². The molecule has 1 aromatic heterocycles. The molecule has 0 spiro atoms. The van der Waals surface area contributed by atoms with E-state index in [-0.39, 0.29) is 0 Å². The number of hydrogen-bond donors (Lipinski definition) is 0. The molecule has 0 aromatic carbocycles. The fourth-order valence-corrected chi connectivity index (χ4v) is 3.46. The lowest BCUT2D eigenvalue weighted by Gasteiger charge is -2.47. The zero-order chi connectivity index (χ0) is 13.2. The molecule has 3 heterocycles. The number of nitrogens with zero attached hydrogens (tertiary/aromatic N) is 3. The number of hydrogen-bond acceptors (Lipinski definition) is 3. The highest BCUT2D eigenvalue weighted by Gasteiger charge is 2.32. The van der Waals surface area contributed by atoms with E-state index >= 15 is 0 Å². The summed E-state index contributed by atoms with van der Waals surface area (Å²) in [6.07, 6.45) is 6.23. The maximum absolute atomic E-state index is 4.41. The number of piperazine rings is 1. The summed E-state index contributed by atoms with van der Waals surface area (Å²) >= 11 is 0. The predicted molar refractivity (Wildman–Crippen MR) is 78.1 cm³/mol. The van der Waals surface area contributed by atoms with Crippen LogP contribution in [0.2, 0.25) is 0 Å². The van der Waals surface area contributed by atoms with E-state index in [1.807, 2.05) is 13.1 Å². The van der Waals surface area contributed by atoms with Gasteiger partial charge in [0.1, 0.15) is 0 Å². The second-order valence-electron chi connectivity index (χ2n) is 6.23. The first-order chi connectivity index (χ1) is 9.22. The van der Waals surface area contributed by atoms with Crippen LogP contribution in [0, 0.1) is 6.92 Å². The average molecular weight is 259 g/mol. The summed E-state index contributed by atoms with van der Waals surface area (Å²) in [6.45, 7) is 9.26. The summed E-state index contributed by atoms with van der Waals surface area (Å²) < 4.78 is 0. The Morgan fingerprint density at radius 1 is 1.26 bits per heavy atom. The van der Waals surface area contributed by atoms with Gasteiger partial charge in [0.25, 0.3) is 0 Å². The van der Waals surface area contributed by atoms with Crippen LogP contribution >= 0.6 is 0 Å². The van der Waals surface area contributed by atoms with Gasteiger partial charge >= 0.3 is 0 Å². The molecule has 0 saturated carbocycles. The maximum Gasteiger partial charge on any atom is 0.0372 e. The van der Waals surface area contributed by atoms with Crippen molar-refractivity contribution in [3.8, 4) is 0 Å². The van der Waals surface area contributed by atoms with Crippen molar-refractivity contribution in [2.45, 2.75) is 51.7 Å². The smallest absolute Gasteiger partial charge is 0.0372 e. The molecule has 0 N–H and O–H groups in total. The van der Waals surface area contributed by atoms with E-state index in [2.05, 4.69) is 33.8 Å². The normalized spacial score (nSPS) is 29.2. The summed E-state index contributed by atoms with van der Waals surface area (Å²) in [6, 6.07) is 5.80. The second-order valence-corrected chi connectivity index (χ2v) is 6.23. The van der Waals surface area contributed by atoms with Gasteiger partial charge in [-0.25, -0.2) is 0 Å². The van der Waals surface area contributed by atoms with E-state index < -0.39 is 0 Å². The monoisotopic (exact) mass is 259 g/mol. The maximum atomic E-state index is 4.41. The molecule has 2 aliphatic heterocycles. The minimum absolute atomic E-state index is 0.663. The molecule has 2 atom stereocenters.